The fourth-order valence-electron chi connectivity index (χ4n) is 3.68. The van der Waals surface area contributed by atoms with Crippen LogP contribution in [0.4, 0.5) is 4.39 Å². The average molecular weight is 306 g/mol. The van der Waals surface area contributed by atoms with Crippen LogP contribution in [0, 0.1) is 0 Å². The Hall–Kier alpha value is -1.43. The van der Waals surface area contributed by atoms with Crippen LogP contribution in [0.3, 0.4) is 0 Å². The monoisotopic (exact) mass is 306 g/mol. The fourth-order valence-corrected chi connectivity index (χ4v) is 3.68. The highest BCUT2D eigenvalue weighted by Crippen LogP contribution is 2.43. The van der Waals surface area contributed by atoms with Crippen molar-refractivity contribution in [3.8, 4) is 0 Å². The predicted molar refractivity (Wildman–Crippen MR) is 79.7 cm³/mol. The van der Waals surface area contributed by atoms with Crippen LogP contribution in [0.2, 0.25) is 0 Å². The number of aryl methyl sites for hydroxylation is 1. The number of likely N-dealkylation sites (tertiary alicyclic amines) is 1. The maximum absolute atomic E-state index is 14.0. The van der Waals surface area contributed by atoms with E-state index in [9.17, 15) is 9.18 Å². The number of halogens is 1. The normalized spacial score (nSPS) is 23.6. The highest BCUT2D eigenvalue weighted by molar-refractivity contribution is 5.88. The van der Waals surface area contributed by atoms with Crippen molar-refractivity contribution < 1.29 is 9.18 Å². The summed E-state index contributed by atoms with van der Waals surface area (Å²) in [6.07, 6.45) is 4.60. The summed E-state index contributed by atoms with van der Waals surface area (Å²) in [6.45, 7) is 4.13. The van der Waals surface area contributed by atoms with E-state index in [0.717, 1.165) is 36.6 Å². The summed E-state index contributed by atoms with van der Waals surface area (Å²) >= 11 is 0. The number of nitrogens with zero attached hydrogens (tertiary/aromatic N) is 4. The molecule has 0 atom stereocenters. The second-order valence-electron chi connectivity index (χ2n) is 6.96. The standard InChI is InChI=1S/C16H23FN4O/c1-19-14-11-21(15(22)16(17)5-6-16)9-12(14)13(18-19)10-20-7-3-2-4-8-20/h2-11H2,1H3. The molecule has 6 heteroatoms. The minimum Gasteiger partial charge on any atom is -0.330 e. The van der Waals surface area contributed by atoms with E-state index in [0.29, 0.717) is 25.9 Å². The molecule has 1 saturated carbocycles. The van der Waals surface area contributed by atoms with Crippen molar-refractivity contribution in [2.24, 2.45) is 7.05 Å². The molecule has 0 unspecified atom stereocenters. The third-order valence-corrected chi connectivity index (χ3v) is 5.23. The molecule has 1 aromatic heterocycles. The number of carbonyl (C=O) groups is 1. The molecule has 0 radical (unpaired) electrons. The van der Waals surface area contributed by atoms with Crippen molar-refractivity contribution in [1.29, 1.82) is 0 Å². The van der Waals surface area contributed by atoms with Gasteiger partial charge in [-0.05, 0) is 38.8 Å². The number of rotatable bonds is 3. The molecule has 22 heavy (non-hydrogen) atoms. The van der Waals surface area contributed by atoms with Gasteiger partial charge in [0, 0.05) is 25.7 Å². The number of alkyl halides is 1. The van der Waals surface area contributed by atoms with Crippen molar-refractivity contribution in [2.45, 2.75) is 57.4 Å². The van der Waals surface area contributed by atoms with Crippen LogP contribution in [0.5, 0.6) is 0 Å². The molecule has 1 amide bonds. The van der Waals surface area contributed by atoms with E-state index < -0.39 is 5.67 Å². The smallest absolute Gasteiger partial charge is 0.260 e. The largest absolute Gasteiger partial charge is 0.330 e. The SMILES string of the molecule is Cn1nc(CN2CCCCC2)c2c1CN(C(=O)C1(F)CC1)C2. The molecule has 2 aliphatic heterocycles. The van der Waals surface area contributed by atoms with E-state index in [2.05, 4.69) is 10.00 Å². The Labute approximate surface area is 130 Å². The lowest BCUT2D eigenvalue weighted by atomic mass is 10.1. The van der Waals surface area contributed by atoms with Gasteiger partial charge in [0.1, 0.15) is 0 Å². The first kappa shape index (κ1) is 14.2. The Bertz CT molecular complexity index is 602. The molecule has 0 spiro atoms. The van der Waals surface area contributed by atoms with Gasteiger partial charge in [0.05, 0.1) is 17.9 Å². The van der Waals surface area contributed by atoms with Gasteiger partial charge in [-0.2, -0.15) is 5.10 Å². The number of piperidine rings is 1. The van der Waals surface area contributed by atoms with Crippen LogP contribution in [0.1, 0.15) is 49.1 Å². The molecular formula is C16H23FN4O. The van der Waals surface area contributed by atoms with Gasteiger partial charge >= 0.3 is 0 Å². The van der Waals surface area contributed by atoms with Gasteiger partial charge in [-0.3, -0.25) is 14.4 Å². The van der Waals surface area contributed by atoms with Gasteiger partial charge in [0.25, 0.3) is 5.91 Å². The first-order valence-corrected chi connectivity index (χ1v) is 8.31. The molecule has 0 N–H and O–H groups in total. The van der Waals surface area contributed by atoms with Crippen LogP contribution in [-0.2, 0) is 31.5 Å². The Morgan fingerprint density at radius 3 is 2.64 bits per heavy atom. The van der Waals surface area contributed by atoms with Crippen molar-refractivity contribution in [3.05, 3.63) is 17.0 Å². The van der Waals surface area contributed by atoms with Crippen LogP contribution < -0.4 is 0 Å². The topological polar surface area (TPSA) is 41.4 Å². The first-order chi connectivity index (χ1) is 10.6. The Balaban J connectivity index is 1.50. The highest BCUT2D eigenvalue weighted by Gasteiger charge is 2.53. The predicted octanol–water partition coefficient (Wildman–Crippen LogP) is 1.75. The quantitative estimate of drug-likeness (QED) is 0.854. The first-order valence-electron chi connectivity index (χ1n) is 8.31. The van der Waals surface area contributed by atoms with Crippen molar-refractivity contribution in [1.82, 2.24) is 19.6 Å². The lowest BCUT2D eigenvalue weighted by Crippen LogP contribution is -2.35. The summed E-state index contributed by atoms with van der Waals surface area (Å²) in [5.74, 6) is -0.326. The van der Waals surface area contributed by atoms with E-state index in [4.69, 9.17) is 0 Å². The lowest BCUT2D eigenvalue weighted by molar-refractivity contribution is -0.138. The van der Waals surface area contributed by atoms with Crippen LogP contribution in [0.15, 0.2) is 0 Å². The van der Waals surface area contributed by atoms with E-state index in [-0.39, 0.29) is 5.91 Å². The number of amides is 1. The van der Waals surface area contributed by atoms with E-state index in [1.807, 2.05) is 11.7 Å². The van der Waals surface area contributed by atoms with Crippen LogP contribution in [0.25, 0.3) is 0 Å². The molecular weight excluding hydrogens is 283 g/mol. The molecule has 1 aliphatic carbocycles. The zero-order valence-corrected chi connectivity index (χ0v) is 13.1. The number of fused-ring (bicyclic) bond motifs is 1. The zero-order chi connectivity index (χ0) is 15.3. The maximum atomic E-state index is 14.0. The molecule has 0 aromatic carbocycles. The summed E-state index contributed by atoms with van der Waals surface area (Å²) in [6, 6.07) is 0. The summed E-state index contributed by atoms with van der Waals surface area (Å²) in [5, 5.41) is 4.64. The minimum atomic E-state index is -1.57. The van der Waals surface area contributed by atoms with Gasteiger partial charge < -0.3 is 4.90 Å². The number of hydrogen-bond acceptors (Lipinski definition) is 3. The van der Waals surface area contributed by atoms with Gasteiger partial charge in [0.2, 0.25) is 0 Å². The highest BCUT2D eigenvalue weighted by atomic mass is 19.1. The molecule has 5 nitrogen and oxygen atoms in total. The molecule has 4 rings (SSSR count). The van der Waals surface area contributed by atoms with E-state index >= 15 is 0 Å². The second kappa shape index (κ2) is 5.05. The Morgan fingerprint density at radius 2 is 1.95 bits per heavy atom. The van der Waals surface area contributed by atoms with E-state index in [1.54, 1.807) is 4.90 Å². The van der Waals surface area contributed by atoms with Crippen molar-refractivity contribution in [3.63, 3.8) is 0 Å². The third kappa shape index (κ3) is 2.33. The second-order valence-corrected chi connectivity index (χ2v) is 6.96. The Morgan fingerprint density at radius 1 is 1.23 bits per heavy atom. The van der Waals surface area contributed by atoms with Gasteiger partial charge in [0.15, 0.2) is 5.67 Å². The minimum absolute atomic E-state index is 0.326. The van der Waals surface area contributed by atoms with Gasteiger partial charge in [-0.1, -0.05) is 6.42 Å². The zero-order valence-electron chi connectivity index (χ0n) is 13.1. The average Bonchev–Trinajstić information content (AvgIpc) is 3.01. The summed E-state index contributed by atoms with van der Waals surface area (Å²) in [4.78, 5) is 16.3. The molecule has 120 valence electrons. The molecule has 3 aliphatic rings. The van der Waals surface area contributed by atoms with Crippen molar-refractivity contribution >= 4 is 5.91 Å². The summed E-state index contributed by atoms with van der Waals surface area (Å²) in [7, 11) is 1.93. The van der Waals surface area contributed by atoms with Crippen molar-refractivity contribution in [2.75, 3.05) is 13.1 Å². The molecule has 3 heterocycles. The Kier molecular flexibility index (Phi) is 3.25. The van der Waals surface area contributed by atoms with Crippen LogP contribution in [-0.4, -0.2) is 44.2 Å². The van der Waals surface area contributed by atoms with Crippen LogP contribution >= 0.6 is 0 Å². The molecule has 1 aromatic rings. The maximum Gasteiger partial charge on any atom is 0.260 e. The third-order valence-electron chi connectivity index (χ3n) is 5.23. The van der Waals surface area contributed by atoms with Gasteiger partial charge in [-0.15, -0.1) is 0 Å². The summed E-state index contributed by atoms with van der Waals surface area (Å²) in [5.41, 5.74) is 1.72. The van der Waals surface area contributed by atoms with E-state index in [1.165, 1.54) is 19.3 Å². The molecule has 0 bridgehead atoms. The number of hydrogen-bond donors (Lipinski definition) is 0. The fraction of sp³-hybridized carbons (Fsp3) is 0.750. The summed E-state index contributed by atoms with van der Waals surface area (Å²) < 4.78 is 15.9. The number of aromatic nitrogens is 2. The van der Waals surface area contributed by atoms with Gasteiger partial charge in [-0.25, -0.2) is 4.39 Å². The molecule has 1 saturated heterocycles. The molecule has 2 fully saturated rings. The lowest BCUT2D eigenvalue weighted by Gasteiger charge is -2.26. The number of carbonyl (C=O) groups excluding carboxylic acids is 1.